The second-order valence-electron chi connectivity index (χ2n) is 5.78. The summed E-state index contributed by atoms with van der Waals surface area (Å²) in [7, 11) is 1.63. The van der Waals surface area contributed by atoms with Crippen LogP contribution in [0, 0.1) is 3.57 Å². The van der Waals surface area contributed by atoms with Crippen LogP contribution in [-0.2, 0) is 9.59 Å². The van der Waals surface area contributed by atoms with Crippen LogP contribution >= 0.6 is 57.6 Å². The van der Waals surface area contributed by atoms with E-state index in [2.05, 4.69) is 32.9 Å². The molecule has 1 aliphatic rings. The van der Waals surface area contributed by atoms with E-state index in [0.29, 0.717) is 26.6 Å². The Bertz CT molecular complexity index is 901. The predicted molar refractivity (Wildman–Crippen MR) is 120 cm³/mol. The second kappa shape index (κ2) is 8.81. The third-order valence-corrected chi connectivity index (χ3v) is 6.14. The van der Waals surface area contributed by atoms with Crippen LogP contribution in [0.15, 0.2) is 47.5 Å². The number of aliphatic imine (C=N–C) groups is 1. The number of halogens is 3. The maximum absolute atomic E-state index is 12.6. The third kappa shape index (κ3) is 5.37. The minimum Gasteiger partial charge on any atom is -0.325 e. The summed E-state index contributed by atoms with van der Waals surface area (Å²) in [5.74, 6) is -0.414. The van der Waals surface area contributed by atoms with Gasteiger partial charge in [-0.3, -0.25) is 14.5 Å². The number of carbonyl (C=O) groups excluding carboxylic acids is 2. The molecular formula is C18H14Cl2IN3O2S. The fourth-order valence-electron chi connectivity index (χ4n) is 2.37. The normalized spacial score (nSPS) is 18.7. The number of thioether (sulfide) groups is 1. The lowest BCUT2D eigenvalue weighted by atomic mass is 10.2. The van der Waals surface area contributed by atoms with Crippen LogP contribution in [0.25, 0.3) is 0 Å². The van der Waals surface area contributed by atoms with Crippen molar-refractivity contribution in [2.45, 2.75) is 11.7 Å². The summed E-state index contributed by atoms with van der Waals surface area (Å²) < 4.78 is 1.07. The van der Waals surface area contributed by atoms with Gasteiger partial charge in [-0.15, -0.1) is 0 Å². The SMILES string of the molecule is CN1C(=O)CC(C(=O)Nc2ccc(I)cc2)SC1=Nc1cc(Cl)cc(Cl)c1. The number of amidine groups is 1. The van der Waals surface area contributed by atoms with Gasteiger partial charge in [-0.05, 0) is 65.1 Å². The minimum absolute atomic E-state index is 0.104. The molecule has 2 amide bonds. The molecule has 1 aliphatic heterocycles. The highest BCUT2D eigenvalue weighted by atomic mass is 127. The number of nitrogens with one attached hydrogen (secondary N) is 1. The van der Waals surface area contributed by atoms with Crippen LogP contribution in [0.3, 0.4) is 0 Å². The van der Waals surface area contributed by atoms with Crippen LogP contribution in [-0.4, -0.2) is 34.2 Å². The highest BCUT2D eigenvalue weighted by molar-refractivity contribution is 14.1. The Hall–Kier alpha value is -1.29. The molecule has 27 heavy (non-hydrogen) atoms. The number of hydrogen-bond acceptors (Lipinski definition) is 4. The van der Waals surface area contributed by atoms with Crippen molar-refractivity contribution in [3.8, 4) is 0 Å². The number of carbonyl (C=O) groups is 2. The van der Waals surface area contributed by atoms with Gasteiger partial charge in [0.1, 0.15) is 5.25 Å². The van der Waals surface area contributed by atoms with Crippen molar-refractivity contribution < 1.29 is 9.59 Å². The molecule has 0 radical (unpaired) electrons. The van der Waals surface area contributed by atoms with Gasteiger partial charge < -0.3 is 5.32 Å². The van der Waals surface area contributed by atoms with Crippen LogP contribution in [0.2, 0.25) is 10.0 Å². The van der Waals surface area contributed by atoms with Crippen LogP contribution < -0.4 is 5.32 Å². The Morgan fingerprint density at radius 3 is 2.48 bits per heavy atom. The van der Waals surface area contributed by atoms with Crippen LogP contribution in [0.4, 0.5) is 11.4 Å². The fourth-order valence-corrected chi connectivity index (χ4v) is 4.31. The molecule has 3 rings (SSSR count). The molecule has 1 saturated heterocycles. The van der Waals surface area contributed by atoms with Gasteiger partial charge in [0.15, 0.2) is 5.17 Å². The van der Waals surface area contributed by atoms with E-state index in [0.717, 1.165) is 3.57 Å². The zero-order valence-corrected chi connectivity index (χ0v) is 18.6. The van der Waals surface area contributed by atoms with Crippen molar-refractivity contribution in [2.75, 3.05) is 12.4 Å². The van der Waals surface area contributed by atoms with E-state index in [9.17, 15) is 9.59 Å². The largest absolute Gasteiger partial charge is 0.325 e. The topological polar surface area (TPSA) is 61.8 Å². The van der Waals surface area contributed by atoms with E-state index < -0.39 is 5.25 Å². The molecule has 9 heteroatoms. The number of rotatable bonds is 3. The van der Waals surface area contributed by atoms with Crippen molar-refractivity contribution in [1.29, 1.82) is 0 Å². The van der Waals surface area contributed by atoms with Gasteiger partial charge in [0.05, 0.1) is 5.69 Å². The first-order chi connectivity index (χ1) is 12.8. The van der Waals surface area contributed by atoms with Crippen molar-refractivity contribution in [3.05, 3.63) is 56.1 Å². The molecule has 0 saturated carbocycles. The Morgan fingerprint density at radius 2 is 1.85 bits per heavy atom. The first-order valence-electron chi connectivity index (χ1n) is 7.86. The summed E-state index contributed by atoms with van der Waals surface area (Å²) in [5, 5.41) is 3.60. The maximum Gasteiger partial charge on any atom is 0.238 e. The Morgan fingerprint density at radius 1 is 1.22 bits per heavy atom. The van der Waals surface area contributed by atoms with Gasteiger partial charge in [0.25, 0.3) is 0 Å². The number of anilines is 1. The smallest absolute Gasteiger partial charge is 0.238 e. The highest BCUT2D eigenvalue weighted by Gasteiger charge is 2.34. The monoisotopic (exact) mass is 533 g/mol. The molecule has 5 nitrogen and oxygen atoms in total. The average Bonchev–Trinajstić information content (AvgIpc) is 2.60. The van der Waals surface area contributed by atoms with E-state index >= 15 is 0 Å². The van der Waals surface area contributed by atoms with E-state index in [-0.39, 0.29) is 18.2 Å². The predicted octanol–water partition coefficient (Wildman–Crippen LogP) is 5.19. The van der Waals surface area contributed by atoms with Gasteiger partial charge in [-0.1, -0.05) is 35.0 Å². The Balaban J connectivity index is 1.80. The summed E-state index contributed by atoms with van der Waals surface area (Å²) >= 11 is 15.4. The third-order valence-electron chi connectivity index (χ3n) is 3.74. The van der Waals surface area contributed by atoms with E-state index in [4.69, 9.17) is 23.2 Å². The molecule has 1 unspecified atom stereocenters. The summed E-state index contributed by atoms with van der Waals surface area (Å²) in [4.78, 5) is 30.8. The molecule has 0 spiro atoms. The number of amides is 2. The van der Waals surface area contributed by atoms with Crippen molar-refractivity contribution in [3.63, 3.8) is 0 Å². The van der Waals surface area contributed by atoms with Gasteiger partial charge in [-0.25, -0.2) is 4.99 Å². The molecule has 2 aromatic carbocycles. The fraction of sp³-hybridized carbons (Fsp3) is 0.167. The molecular weight excluding hydrogens is 520 g/mol. The number of nitrogens with zero attached hydrogens (tertiary/aromatic N) is 2. The van der Waals surface area contributed by atoms with Crippen LogP contribution in [0.5, 0.6) is 0 Å². The van der Waals surface area contributed by atoms with Gasteiger partial charge in [0.2, 0.25) is 11.8 Å². The minimum atomic E-state index is -0.568. The van der Waals surface area contributed by atoms with E-state index in [1.807, 2.05) is 24.3 Å². The summed E-state index contributed by atoms with van der Waals surface area (Å²) in [6.45, 7) is 0. The van der Waals surface area contributed by atoms with E-state index in [1.165, 1.54) is 16.7 Å². The van der Waals surface area contributed by atoms with Gasteiger partial charge in [-0.2, -0.15) is 0 Å². The lowest BCUT2D eigenvalue weighted by Crippen LogP contribution is -2.43. The first kappa shape index (κ1) is 20.4. The van der Waals surface area contributed by atoms with Crippen LogP contribution in [0.1, 0.15) is 6.42 Å². The molecule has 0 aliphatic carbocycles. The molecule has 1 fully saturated rings. The highest BCUT2D eigenvalue weighted by Crippen LogP contribution is 2.31. The average molecular weight is 534 g/mol. The maximum atomic E-state index is 12.6. The Kier molecular flexibility index (Phi) is 6.67. The molecule has 2 aromatic rings. The van der Waals surface area contributed by atoms with Gasteiger partial charge in [0, 0.05) is 32.8 Å². The molecule has 0 bridgehead atoms. The second-order valence-corrected chi connectivity index (χ2v) is 9.07. The van der Waals surface area contributed by atoms with Crippen molar-refractivity contribution in [2.24, 2.45) is 4.99 Å². The zero-order chi connectivity index (χ0) is 19.6. The molecule has 1 atom stereocenters. The standard InChI is InChI=1S/C18H14Cl2IN3O2S/c1-24-16(25)9-15(17(26)22-13-4-2-12(21)3-5-13)27-18(24)23-14-7-10(19)6-11(20)8-14/h2-8,15H,9H2,1H3,(H,22,26). The van der Waals surface area contributed by atoms with Crippen molar-refractivity contribution >= 4 is 85.9 Å². The van der Waals surface area contributed by atoms with Gasteiger partial charge >= 0.3 is 0 Å². The number of benzene rings is 2. The lowest BCUT2D eigenvalue weighted by molar-refractivity contribution is -0.128. The van der Waals surface area contributed by atoms with Crippen molar-refractivity contribution in [1.82, 2.24) is 4.90 Å². The first-order valence-corrected chi connectivity index (χ1v) is 10.6. The lowest BCUT2D eigenvalue weighted by Gasteiger charge is -2.28. The zero-order valence-electron chi connectivity index (χ0n) is 14.1. The molecule has 1 N–H and O–H groups in total. The Labute approximate surface area is 184 Å². The van der Waals surface area contributed by atoms with E-state index in [1.54, 1.807) is 25.2 Å². The molecule has 1 heterocycles. The summed E-state index contributed by atoms with van der Waals surface area (Å²) in [6, 6.07) is 12.3. The quantitative estimate of drug-likeness (QED) is 0.552. The summed E-state index contributed by atoms with van der Waals surface area (Å²) in [6.07, 6.45) is 0.104. The molecule has 140 valence electrons. The number of hydrogen-bond donors (Lipinski definition) is 1. The summed E-state index contributed by atoms with van der Waals surface area (Å²) in [5.41, 5.74) is 1.21. The molecule has 0 aromatic heterocycles.